The van der Waals surface area contributed by atoms with Gasteiger partial charge in [0.25, 0.3) is 0 Å². The van der Waals surface area contributed by atoms with Gasteiger partial charge in [-0.2, -0.15) is 0 Å². The standard InChI is InChI=1S/C22H25ClN2O3/c1-4-28-22(27)14-7-17-5-12-20(13-6-17)24-21(26)15-25(3)16(2)18-8-10-19(23)11-9-18/h5-14,16H,4,15H2,1-3H3,(H,24,26)/b14-7+. The van der Waals surface area contributed by atoms with E-state index in [2.05, 4.69) is 5.32 Å². The van der Waals surface area contributed by atoms with Crippen LogP contribution >= 0.6 is 11.6 Å². The van der Waals surface area contributed by atoms with Crippen molar-refractivity contribution in [2.45, 2.75) is 19.9 Å². The van der Waals surface area contributed by atoms with Gasteiger partial charge in [-0.1, -0.05) is 35.9 Å². The predicted octanol–water partition coefficient (Wildman–Crippen LogP) is 4.55. The summed E-state index contributed by atoms with van der Waals surface area (Å²) in [5.41, 5.74) is 2.64. The first-order chi connectivity index (χ1) is 13.4. The quantitative estimate of drug-likeness (QED) is 0.521. The molecule has 5 nitrogen and oxygen atoms in total. The second kappa shape index (κ2) is 10.6. The molecule has 0 aliphatic rings. The molecule has 0 heterocycles. The molecule has 6 heteroatoms. The Hall–Kier alpha value is -2.63. The van der Waals surface area contributed by atoms with Gasteiger partial charge in [0, 0.05) is 22.8 Å². The van der Waals surface area contributed by atoms with Crippen molar-refractivity contribution >= 4 is 35.2 Å². The van der Waals surface area contributed by atoms with Gasteiger partial charge in [0.1, 0.15) is 0 Å². The van der Waals surface area contributed by atoms with E-state index in [9.17, 15) is 9.59 Å². The molecule has 28 heavy (non-hydrogen) atoms. The molecule has 0 spiro atoms. The van der Waals surface area contributed by atoms with E-state index in [4.69, 9.17) is 16.3 Å². The first-order valence-electron chi connectivity index (χ1n) is 9.09. The molecule has 1 N–H and O–H groups in total. The van der Waals surface area contributed by atoms with Crippen molar-refractivity contribution in [1.82, 2.24) is 4.90 Å². The highest BCUT2D eigenvalue weighted by molar-refractivity contribution is 6.30. The third-order valence-corrected chi connectivity index (χ3v) is 4.55. The number of nitrogens with one attached hydrogen (secondary N) is 1. The zero-order valence-corrected chi connectivity index (χ0v) is 17.1. The van der Waals surface area contributed by atoms with E-state index in [1.807, 2.05) is 55.3 Å². The van der Waals surface area contributed by atoms with Crippen molar-refractivity contribution in [3.05, 3.63) is 70.8 Å². The summed E-state index contributed by atoms with van der Waals surface area (Å²) >= 11 is 5.93. The van der Waals surface area contributed by atoms with Crippen LogP contribution < -0.4 is 5.32 Å². The number of carbonyl (C=O) groups excluding carboxylic acids is 2. The van der Waals surface area contributed by atoms with Crippen LogP contribution in [0, 0.1) is 0 Å². The van der Waals surface area contributed by atoms with Crippen LogP contribution in [0.25, 0.3) is 6.08 Å². The second-order valence-electron chi connectivity index (χ2n) is 6.40. The summed E-state index contributed by atoms with van der Waals surface area (Å²) in [5.74, 6) is -0.476. The number of esters is 1. The molecular weight excluding hydrogens is 376 g/mol. The maximum atomic E-state index is 12.3. The molecule has 1 atom stereocenters. The highest BCUT2D eigenvalue weighted by atomic mass is 35.5. The zero-order chi connectivity index (χ0) is 20.5. The van der Waals surface area contributed by atoms with E-state index in [0.29, 0.717) is 17.3 Å². The molecule has 2 aromatic carbocycles. The lowest BCUT2D eigenvalue weighted by atomic mass is 10.1. The third kappa shape index (κ3) is 6.83. The highest BCUT2D eigenvalue weighted by Crippen LogP contribution is 2.20. The van der Waals surface area contributed by atoms with Crippen molar-refractivity contribution in [3.8, 4) is 0 Å². The fraction of sp³-hybridized carbons (Fsp3) is 0.273. The average Bonchev–Trinajstić information content (AvgIpc) is 2.67. The Balaban J connectivity index is 1.88. The van der Waals surface area contributed by atoms with Crippen LogP contribution in [-0.4, -0.2) is 37.0 Å². The van der Waals surface area contributed by atoms with Gasteiger partial charge in [0.2, 0.25) is 5.91 Å². The summed E-state index contributed by atoms with van der Waals surface area (Å²) in [7, 11) is 1.90. The Morgan fingerprint density at radius 3 is 2.39 bits per heavy atom. The molecule has 1 amide bonds. The largest absolute Gasteiger partial charge is 0.463 e. The minimum Gasteiger partial charge on any atom is -0.463 e. The average molecular weight is 401 g/mol. The fourth-order valence-corrected chi connectivity index (χ4v) is 2.72. The third-order valence-electron chi connectivity index (χ3n) is 4.30. The molecule has 0 fully saturated rings. The van der Waals surface area contributed by atoms with Crippen molar-refractivity contribution in [2.24, 2.45) is 0 Å². The van der Waals surface area contributed by atoms with Gasteiger partial charge in [0.15, 0.2) is 0 Å². The molecule has 0 aliphatic carbocycles. The smallest absolute Gasteiger partial charge is 0.330 e. The number of hydrogen-bond donors (Lipinski definition) is 1. The minimum absolute atomic E-state index is 0.0819. The number of anilines is 1. The number of likely N-dealkylation sites (N-methyl/N-ethyl adjacent to an activating group) is 1. The molecule has 0 aliphatic heterocycles. The van der Waals surface area contributed by atoms with Crippen LogP contribution in [-0.2, 0) is 14.3 Å². The van der Waals surface area contributed by atoms with E-state index >= 15 is 0 Å². The van der Waals surface area contributed by atoms with E-state index < -0.39 is 0 Å². The Morgan fingerprint density at radius 1 is 1.14 bits per heavy atom. The highest BCUT2D eigenvalue weighted by Gasteiger charge is 2.15. The molecule has 0 saturated heterocycles. The first-order valence-corrected chi connectivity index (χ1v) is 9.47. The van der Waals surface area contributed by atoms with E-state index in [0.717, 1.165) is 11.1 Å². The molecule has 0 radical (unpaired) electrons. The predicted molar refractivity (Wildman–Crippen MR) is 113 cm³/mol. The van der Waals surface area contributed by atoms with Gasteiger partial charge in [-0.05, 0) is 62.4 Å². The minimum atomic E-state index is -0.377. The monoisotopic (exact) mass is 400 g/mol. The van der Waals surface area contributed by atoms with E-state index in [1.54, 1.807) is 25.1 Å². The Morgan fingerprint density at radius 2 is 1.79 bits per heavy atom. The van der Waals surface area contributed by atoms with Gasteiger partial charge in [-0.3, -0.25) is 9.69 Å². The van der Waals surface area contributed by atoms with Crippen LogP contribution in [0.15, 0.2) is 54.6 Å². The Labute approximate surface area is 170 Å². The molecular formula is C22H25ClN2O3. The number of carbonyl (C=O) groups is 2. The maximum Gasteiger partial charge on any atom is 0.330 e. The van der Waals surface area contributed by atoms with Crippen LogP contribution in [0.5, 0.6) is 0 Å². The molecule has 1 unspecified atom stereocenters. The second-order valence-corrected chi connectivity index (χ2v) is 6.83. The first kappa shape index (κ1) is 21.7. The number of halogens is 1. The fourth-order valence-electron chi connectivity index (χ4n) is 2.59. The number of benzene rings is 2. The lowest BCUT2D eigenvalue weighted by molar-refractivity contribution is -0.137. The van der Waals surface area contributed by atoms with Gasteiger partial charge >= 0.3 is 5.97 Å². The number of ether oxygens (including phenoxy) is 1. The van der Waals surface area contributed by atoms with Gasteiger partial charge in [-0.15, -0.1) is 0 Å². The lowest BCUT2D eigenvalue weighted by Crippen LogP contribution is -2.32. The van der Waals surface area contributed by atoms with Crippen molar-refractivity contribution in [3.63, 3.8) is 0 Å². The number of amides is 1. The zero-order valence-electron chi connectivity index (χ0n) is 16.3. The summed E-state index contributed by atoms with van der Waals surface area (Å²) in [6.45, 7) is 4.41. The van der Waals surface area contributed by atoms with Crippen LogP contribution in [0.1, 0.15) is 31.0 Å². The summed E-state index contributed by atoms with van der Waals surface area (Å²) in [4.78, 5) is 25.6. The number of nitrogens with zero attached hydrogens (tertiary/aromatic N) is 1. The van der Waals surface area contributed by atoms with Gasteiger partial charge in [0.05, 0.1) is 13.2 Å². The summed E-state index contributed by atoms with van der Waals surface area (Å²) in [6.07, 6.45) is 3.05. The normalized spacial score (nSPS) is 12.2. The summed E-state index contributed by atoms with van der Waals surface area (Å²) in [5, 5.41) is 3.57. The maximum absolute atomic E-state index is 12.3. The molecule has 2 rings (SSSR count). The number of rotatable bonds is 8. The van der Waals surface area contributed by atoms with Crippen molar-refractivity contribution < 1.29 is 14.3 Å². The van der Waals surface area contributed by atoms with Gasteiger partial charge < -0.3 is 10.1 Å². The number of hydrogen-bond acceptors (Lipinski definition) is 4. The molecule has 2 aromatic rings. The van der Waals surface area contributed by atoms with E-state index in [-0.39, 0.29) is 24.5 Å². The topological polar surface area (TPSA) is 58.6 Å². The summed E-state index contributed by atoms with van der Waals surface area (Å²) in [6, 6.07) is 14.9. The van der Waals surface area contributed by atoms with E-state index in [1.165, 1.54) is 6.08 Å². The molecule has 0 aromatic heterocycles. The van der Waals surface area contributed by atoms with Crippen molar-refractivity contribution in [2.75, 3.05) is 25.5 Å². The van der Waals surface area contributed by atoms with Gasteiger partial charge in [-0.25, -0.2) is 4.79 Å². The SMILES string of the molecule is CCOC(=O)/C=C/c1ccc(NC(=O)CN(C)C(C)c2ccc(Cl)cc2)cc1. The summed E-state index contributed by atoms with van der Waals surface area (Å²) < 4.78 is 4.84. The van der Waals surface area contributed by atoms with Crippen LogP contribution in [0.3, 0.4) is 0 Å². The molecule has 148 valence electrons. The molecule has 0 saturated carbocycles. The lowest BCUT2D eigenvalue weighted by Gasteiger charge is -2.24. The Bertz CT molecular complexity index is 817. The Kier molecular flexibility index (Phi) is 8.23. The van der Waals surface area contributed by atoms with Crippen LogP contribution in [0.2, 0.25) is 5.02 Å². The van der Waals surface area contributed by atoms with Crippen LogP contribution in [0.4, 0.5) is 5.69 Å². The molecule has 0 bridgehead atoms. The van der Waals surface area contributed by atoms with Crippen molar-refractivity contribution in [1.29, 1.82) is 0 Å².